The molecule has 4 aromatic rings. The van der Waals surface area contributed by atoms with Gasteiger partial charge in [0, 0.05) is 31.3 Å². The number of fused-ring (bicyclic) bond motifs is 4. The second-order valence-corrected chi connectivity index (χ2v) is 7.30. The van der Waals surface area contributed by atoms with E-state index in [2.05, 4.69) is 64.8 Å². The first-order valence-electron chi connectivity index (χ1n) is 9.32. The Hall–Kier alpha value is -3.15. The third kappa shape index (κ3) is 2.60. The Morgan fingerprint density at radius 1 is 1.19 bits per heavy atom. The summed E-state index contributed by atoms with van der Waals surface area (Å²) in [5.41, 5.74) is 6.53. The quantitative estimate of drug-likeness (QED) is 0.603. The summed E-state index contributed by atoms with van der Waals surface area (Å²) < 4.78 is 2.07. The van der Waals surface area contributed by atoms with Gasteiger partial charge < -0.3 is 9.88 Å². The first-order chi connectivity index (χ1) is 13.1. The number of aromatic amines is 1. The lowest BCUT2D eigenvalue weighted by Gasteiger charge is -2.29. The fourth-order valence-corrected chi connectivity index (χ4v) is 3.86. The molecule has 3 aromatic heterocycles. The maximum Gasteiger partial charge on any atom is 0.107 e. The largest absolute Gasteiger partial charge is 0.371 e. The summed E-state index contributed by atoms with van der Waals surface area (Å²) in [6.07, 6.45) is 5.66. The number of H-pyrrole nitrogens is 1. The molecule has 136 valence electrons. The Morgan fingerprint density at radius 3 is 2.96 bits per heavy atom. The maximum absolute atomic E-state index is 4.83. The molecule has 0 saturated carbocycles. The molecule has 0 spiro atoms. The highest BCUT2D eigenvalue weighted by Gasteiger charge is 2.22. The molecule has 0 aliphatic carbocycles. The first-order valence-corrected chi connectivity index (χ1v) is 9.32. The number of aryl methyl sites for hydroxylation is 2. The van der Waals surface area contributed by atoms with Crippen molar-refractivity contribution in [2.24, 2.45) is 0 Å². The zero-order valence-electron chi connectivity index (χ0n) is 15.8. The third-order valence-corrected chi connectivity index (χ3v) is 5.45. The van der Waals surface area contributed by atoms with Crippen molar-refractivity contribution < 1.29 is 0 Å². The first kappa shape index (κ1) is 16.1. The Morgan fingerprint density at radius 2 is 2.07 bits per heavy atom. The van der Waals surface area contributed by atoms with Gasteiger partial charge in [-0.3, -0.25) is 4.98 Å². The van der Waals surface area contributed by atoms with Gasteiger partial charge in [-0.1, -0.05) is 0 Å². The van der Waals surface area contributed by atoms with E-state index in [1.54, 1.807) is 0 Å². The topological polar surface area (TPSA) is 62.6 Å². The van der Waals surface area contributed by atoms with Gasteiger partial charge in [-0.15, -0.1) is 0 Å². The second-order valence-electron chi connectivity index (χ2n) is 7.30. The number of hydrogen-bond donors (Lipinski definition) is 1. The van der Waals surface area contributed by atoms with Crippen molar-refractivity contribution in [3.63, 3.8) is 0 Å². The van der Waals surface area contributed by atoms with E-state index in [1.165, 1.54) is 5.69 Å². The lowest BCUT2D eigenvalue weighted by molar-refractivity contribution is 0.335. The van der Waals surface area contributed by atoms with Crippen LogP contribution in [0, 0.1) is 0 Å². The van der Waals surface area contributed by atoms with Crippen molar-refractivity contribution in [2.45, 2.75) is 32.7 Å². The third-order valence-electron chi connectivity index (χ3n) is 5.45. The molecule has 1 unspecified atom stereocenters. The van der Waals surface area contributed by atoms with E-state index in [0.29, 0.717) is 6.04 Å². The van der Waals surface area contributed by atoms with Gasteiger partial charge in [0.05, 0.1) is 39.7 Å². The van der Waals surface area contributed by atoms with E-state index in [4.69, 9.17) is 10.1 Å². The summed E-state index contributed by atoms with van der Waals surface area (Å²) in [6, 6.07) is 10.7. The molecule has 27 heavy (non-hydrogen) atoms. The molecule has 0 saturated heterocycles. The fraction of sp³-hybridized carbons (Fsp3) is 0.286. The van der Waals surface area contributed by atoms with Gasteiger partial charge in [0.15, 0.2) is 0 Å². The summed E-state index contributed by atoms with van der Waals surface area (Å²) >= 11 is 0. The molecule has 0 fully saturated rings. The van der Waals surface area contributed by atoms with Crippen molar-refractivity contribution in [1.29, 1.82) is 0 Å². The maximum atomic E-state index is 4.83. The van der Waals surface area contributed by atoms with E-state index in [-0.39, 0.29) is 0 Å². The van der Waals surface area contributed by atoms with E-state index >= 15 is 0 Å². The van der Waals surface area contributed by atoms with Crippen LogP contribution < -0.4 is 0 Å². The molecule has 1 atom stereocenters. The number of aromatic nitrogens is 5. The molecule has 5 rings (SSSR count). The number of nitrogens with one attached hydrogen (secondary N) is 1. The van der Waals surface area contributed by atoms with Crippen LogP contribution >= 0.6 is 0 Å². The zero-order valence-corrected chi connectivity index (χ0v) is 15.8. The van der Waals surface area contributed by atoms with Crippen molar-refractivity contribution in [2.75, 3.05) is 7.05 Å². The minimum Gasteiger partial charge on any atom is -0.371 e. The predicted octanol–water partition coefficient (Wildman–Crippen LogP) is 3.92. The van der Waals surface area contributed by atoms with Gasteiger partial charge in [0.2, 0.25) is 0 Å². The Labute approximate surface area is 157 Å². The SMILES string of the molecule is CC1=CN(C)C(C)c2cc(CCc3nc4c(ccc5ncccc54)[nH]3)nn21. The number of imidazole rings is 1. The van der Waals surface area contributed by atoms with Gasteiger partial charge in [-0.25, -0.2) is 9.67 Å². The highest BCUT2D eigenvalue weighted by atomic mass is 15.3. The minimum atomic E-state index is 0.333. The van der Waals surface area contributed by atoms with Crippen LogP contribution in [0.5, 0.6) is 0 Å². The molecule has 6 heteroatoms. The molecule has 4 heterocycles. The van der Waals surface area contributed by atoms with E-state index < -0.39 is 0 Å². The van der Waals surface area contributed by atoms with Crippen molar-refractivity contribution in [3.05, 3.63) is 59.9 Å². The molecule has 0 bridgehead atoms. The van der Waals surface area contributed by atoms with Crippen LogP contribution in [0.1, 0.15) is 37.1 Å². The summed E-state index contributed by atoms with van der Waals surface area (Å²) in [5, 5.41) is 5.90. The number of rotatable bonds is 3. The average Bonchev–Trinajstić information content (AvgIpc) is 3.29. The average molecular weight is 358 g/mol. The molecular weight excluding hydrogens is 336 g/mol. The van der Waals surface area contributed by atoms with Gasteiger partial charge >= 0.3 is 0 Å². The summed E-state index contributed by atoms with van der Waals surface area (Å²) in [7, 11) is 2.11. The van der Waals surface area contributed by atoms with Crippen LogP contribution in [0.2, 0.25) is 0 Å². The number of allylic oxidation sites excluding steroid dienone is 1. The highest BCUT2D eigenvalue weighted by Crippen LogP contribution is 2.28. The summed E-state index contributed by atoms with van der Waals surface area (Å²) in [5.74, 6) is 0.991. The predicted molar refractivity (Wildman–Crippen MR) is 107 cm³/mol. The monoisotopic (exact) mass is 358 g/mol. The minimum absolute atomic E-state index is 0.333. The summed E-state index contributed by atoms with van der Waals surface area (Å²) in [6.45, 7) is 4.31. The molecule has 6 nitrogen and oxygen atoms in total. The smallest absolute Gasteiger partial charge is 0.107 e. The van der Waals surface area contributed by atoms with Crippen LogP contribution in [-0.4, -0.2) is 36.7 Å². The lowest BCUT2D eigenvalue weighted by atomic mass is 10.1. The molecule has 0 amide bonds. The Kier molecular flexibility index (Phi) is 3.53. The Balaban J connectivity index is 1.42. The van der Waals surface area contributed by atoms with Gasteiger partial charge in [0.25, 0.3) is 0 Å². The standard InChI is InChI=1S/C21H22N6/c1-13-12-26(3)14(2)19-11-15(25-27(13)19)6-9-20-23-18-8-7-17-16(21(18)24-20)5-4-10-22-17/h4-5,7-8,10-12,14H,6,9H2,1-3H3,(H,23,24). The molecule has 1 N–H and O–H groups in total. The summed E-state index contributed by atoms with van der Waals surface area (Å²) in [4.78, 5) is 14.9. The van der Waals surface area contributed by atoms with Crippen molar-refractivity contribution in [3.8, 4) is 0 Å². The molecular formula is C21H22N6. The van der Waals surface area contributed by atoms with Crippen LogP contribution in [0.15, 0.2) is 42.7 Å². The molecule has 1 aliphatic heterocycles. The van der Waals surface area contributed by atoms with Crippen molar-refractivity contribution in [1.82, 2.24) is 29.6 Å². The number of hydrogen-bond acceptors (Lipinski definition) is 4. The van der Waals surface area contributed by atoms with Crippen LogP contribution in [0.3, 0.4) is 0 Å². The van der Waals surface area contributed by atoms with Gasteiger partial charge in [-0.05, 0) is 50.6 Å². The number of pyridine rings is 1. The van der Waals surface area contributed by atoms with Crippen LogP contribution in [0.25, 0.3) is 27.6 Å². The van der Waals surface area contributed by atoms with E-state index in [9.17, 15) is 0 Å². The molecule has 0 radical (unpaired) electrons. The van der Waals surface area contributed by atoms with E-state index in [0.717, 1.165) is 52.0 Å². The molecule has 1 aliphatic rings. The fourth-order valence-electron chi connectivity index (χ4n) is 3.86. The van der Waals surface area contributed by atoms with Crippen molar-refractivity contribution >= 4 is 27.6 Å². The normalized spacial score (nSPS) is 16.8. The highest BCUT2D eigenvalue weighted by molar-refractivity contribution is 6.02. The van der Waals surface area contributed by atoms with Gasteiger partial charge in [0.1, 0.15) is 5.82 Å². The number of nitrogens with zero attached hydrogens (tertiary/aromatic N) is 5. The lowest BCUT2D eigenvalue weighted by Crippen LogP contribution is -2.24. The molecule has 1 aromatic carbocycles. The van der Waals surface area contributed by atoms with Gasteiger partial charge in [-0.2, -0.15) is 5.10 Å². The second kappa shape index (κ2) is 5.94. The number of benzene rings is 1. The van der Waals surface area contributed by atoms with Crippen LogP contribution in [-0.2, 0) is 12.8 Å². The van der Waals surface area contributed by atoms with Crippen LogP contribution in [0.4, 0.5) is 0 Å². The van der Waals surface area contributed by atoms with E-state index in [1.807, 2.05) is 18.3 Å². The Bertz CT molecular complexity index is 1180. The zero-order chi connectivity index (χ0) is 18.5.